The molecule has 0 spiro atoms. The Morgan fingerprint density at radius 1 is 1.64 bits per heavy atom. The number of nitrogens with zero attached hydrogens (tertiary/aromatic N) is 5. The highest BCUT2D eigenvalue weighted by Crippen LogP contribution is 2.43. The number of hydrazone groups is 1. The third-order valence-corrected chi connectivity index (χ3v) is 5.61. The number of thiocarbonyl (C=S) groups is 1. The van der Waals surface area contributed by atoms with Crippen molar-refractivity contribution in [3.05, 3.63) is 16.6 Å². The summed E-state index contributed by atoms with van der Waals surface area (Å²) < 4.78 is 4.48. The molecule has 1 aromatic heterocycles. The molecule has 2 aliphatic rings. The second-order valence-corrected chi connectivity index (χ2v) is 8.50. The zero-order chi connectivity index (χ0) is 18.4. The van der Waals surface area contributed by atoms with Gasteiger partial charge >= 0.3 is 6.03 Å². The molecule has 2 heterocycles. The van der Waals surface area contributed by atoms with Crippen molar-refractivity contribution < 1.29 is 19.5 Å². The van der Waals surface area contributed by atoms with Gasteiger partial charge in [-0.05, 0) is 31.6 Å². The highest BCUT2D eigenvalue weighted by atomic mass is 32.2. The van der Waals surface area contributed by atoms with Gasteiger partial charge in [0.05, 0.1) is 4.75 Å². The molecule has 1 saturated heterocycles. The summed E-state index contributed by atoms with van der Waals surface area (Å²) in [5.74, 6) is 0. The smallest absolute Gasteiger partial charge is 0.343 e. The van der Waals surface area contributed by atoms with Gasteiger partial charge in [0.1, 0.15) is 5.71 Å². The monoisotopic (exact) mass is 386 g/mol. The van der Waals surface area contributed by atoms with Crippen molar-refractivity contribution in [1.29, 1.82) is 0 Å². The van der Waals surface area contributed by atoms with Crippen molar-refractivity contribution in [2.45, 2.75) is 44.0 Å². The van der Waals surface area contributed by atoms with Crippen molar-refractivity contribution in [2.75, 3.05) is 7.05 Å². The van der Waals surface area contributed by atoms with Gasteiger partial charge in [0.2, 0.25) is 5.69 Å². The fraction of sp³-hybridized carbons (Fsp3) is 0.615. The molecule has 0 radical (unpaired) electrons. The van der Waals surface area contributed by atoms with E-state index in [1.807, 2.05) is 13.8 Å². The molecule has 1 aromatic rings. The summed E-state index contributed by atoms with van der Waals surface area (Å²) in [6.07, 6.45) is 1.05. The van der Waals surface area contributed by atoms with Crippen molar-refractivity contribution >= 4 is 40.0 Å². The summed E-state index contributed by atoms with van der Waals surface area (Å²) in [6.45, 7) is 3.71. The number of hydrogen-bond donors (Lipinski definition) is 2. The lowest BCUT2D eigenvalue weighted by molar-refractivity contribution is -0.808. The first-order valence-electron chi connectivity index (χ1n) is 7.64. The maximum Gasteiger partial charge on any atom is 0.343 e. The van der Waals surface area contributed by atoms with Gasteiger partial charge in [-0.3, -0.25) is 9.84 Å². The van der Waals surface area contributed by atoms with Crippen LogP contribution in [0, 0.1) is 5.21 Å². The average Bonchev–Trinajstić information content (AvgIpc) is 3.04. The number of nitrogens with one attached hydrogen (secondary N) is 1. The lowest BCUT2D eigenvalue weighted by Gasteiger charge is -2.34. The van der Waals surface area contributed by atoms with E-state index in [1.165, 1.54) is 23.8 Å². The van der Waals surface area contributed by atoms with Crippen molar-refractivity contribution in [2.24, 2.45) is 5.10 Å². The standard InChI is InChI=1S/C13H18N6O4S2/c1-13(2)10(18(21)11(20)14-3)17(12(24)25-13)15-7-5-4-6-8-9(7)16-23-19(8)22/h10,21H,4-6H2,1-3H3,(H,14,20)/b15-7-/t10-/m1/s1. The molecule has 1 atom stereocenters. The molecule has 25 heavy (non-hydrogen) atoms. The van der Waals surface area contributed by atoms with E-state index in [2.05, 4.69) is 20.2 Å². The Balaban J connectivity index is 2.00. The molecule has 2 N–H and O–H groups in total. The van der Waals surface area contributed by atoms with Gasteiger partial charge in [-0.1, -0.05) is 24.0 Å². The molecule has 2 amide bonds. The van der Waals surface area contributed by atoms with E-state index in [0.717, 1.165) is 6.42 Å². The third-order valence-electron chi connectivity index (χ3n) is 4.07. The van der Waals surface area contributed by atoms with Crippen molar-refractivity contribution in [1.82, 2.24) is 20.5 Å². The Bertz CT molecular complexity index is 749. The van der Waals surface area contributed by atoms with Crippen LogP contribution in [0.4, 0.5) is 4.79 Å². The van der Waals surface area contributed by atoms with E-state index in [1.54, 1.807) is 0 Å². The third kappa shape index (κ3) is 3.04. The highest BCUT2D eigenvalue weighted by molar-refractivity contribution is 8.24. The molecule has 10 nitrogen and oxygen atoms in total. The number of hydrogen-bond acceptors (Lipinski definition) is 8. The number of aromatic nitrogens is 2. The summed E-state index contributed by atoms with van der Waals surface area (Å²) in [6, 6.07) is -0.670. The Kier molecular flexibility index (Phi) is 4.60. The molecule has 136 valence electrons. The molecule has 12 heteroatoms. The summed E-state index contributed by atoms with van der Waals surface area (Å²) >= 11 is 6.71. The number of urea groups is 1. The van der Waals surface area contributed by atoms with Crippen LogP contribution in [0.3, 0.4) is 0 Å². The minimum absolute atomic E-state index is 0.380. The zero-order valence-corrected chi connectivity index (χ0v) is 15.6. The van der Waals surface area contributed by atoms with Crippen LogP contribution in [-0.4, -0.2) is 54.5 Å². The van der Waals surface area contributed by atoms with E-state index in [0.29, 0.717) is 44.2 Å². The predicted octanol–water partition coefficient (Wildman–Crippen LogP) is 0.817. The quantitative estimate of drug-likeness (QED) is 0.332. The first-order valence-corrected chi connectivity index (χ1v) is 8.87. The second-order valence-electron chi connectivity index (χ2n) is 6.21. The lowest BCUT2D eigenvalue weighted by atomic mass is 9.99. The zero-order valence-electron chi connectivity index (χ0n) is 13.9. The molecule has 0 aromatic carbocycles. The van der Waals surface area contributed by atoms with Crippen LogP contribution < -0.4 is 10.2 Å². The predicted molar refractivity (Wildman–Crippen MR) is 92.9 cm³/mol. The fourth-order valence-electron chi connectivity index (χ4n) is 2.90. The summed E-state index contributed by atoms with van der Waals surface area (Å²) in [7, 11) is 1.42. The summed E-state index contributed by atoms with van der Waals surface area (Å²) in [4.78, 5) is 12.3. The van der Waals surface area contributed by atoms with Crippen LogP contribution >= 0.6 is 24.0 Å². The molecule has 0 unspecified atom stereocenters. The van der Waals surface area contributed by atoms with Crippen LogP contribution in [-0.2, 0) is 6.42 Å². The molecule has 1 aliphatic heterocycles. The summed E-state index contributed by atoms with van der Waals surface area (Å²) in [5, 5.41) is 34.6. The first-order chi connectivity index (χ1) is 11.8. The topological polar surface area (TPSA) is 121 Å². The second kappa shape index (κ2) is 6.42. The number of amides is 2. The van der Waals surface area contributed by atoms with Gasteiger partial charge < -0.3 is 10.5 Å². The van der Waals surface area contributed by atoms with Gasteiger partial charge in [-0.25, -0.2) is 9.80 Å². The van der Waals surface area contributed by atoms with Gasteiger partial charge in [0.25, 0.3) is 5.69 Å². The molecule has 1 aliphatic carbocycles. The summed E-state index contributed by atoms with van der Waals surface area (Å²) in [5.41, 5.74) is 1.35. The van der Waals surface area contributed by atoms with Crippen LogP contribution in [0.2, 0.25) is 0 Å². The lowest BCUT2D eigenvalue weighted by Crippen LogP contribution is -2.55. The van der Waals surface area contributed by atoms with Crippen LogP contribution in [0.25, 0.3) is 0 Å². The maximum atomic E-state index is 11.9. The van der Waals surface area contributed by atoms with Gasteiger partial charge in [0.15, 0.2) is 10.5 Å². The fourth-order valence-corrected chi connectivity index (χ4v) is 4.68. The van der Waals surface area contributed by atoms with Crippen molar-refractivity contribution in [3.63, 3.8) is 0 Å². The van der Waals surface area contributed by atoms with E-state index >= 15 is 0 Å². The van der Waals surface area contributed by atoms with E-state index in [4.69, 9.17) is 12.2 Å². The number of carbonyl (C=O) groups excluding carboxylic acids is 1. The first kappa shape index (κ1) is 17.9. The van der Waals surface area contributed by atoms with Gasteiger partial charge in [-0.15, -0.1) is 0 Å². The minimum atomic E-state index is -0.811. The molecule has 3 rings (SSSR count). The number of carbonyl (C=O) groups is 1. The number of fused-ring (bicyclic) bond motifs is 1. The van der Waals surface area contributed by atoms with E-state index < -0.39 is 16.9 Å². The maximum absolute atomic E-state index is 11.9. The molecule has 1 fully saturated rings. The molecule has 0 bridgehead atoms. The molecular formula is C13H18N6O4S2. The SMILES string of the molecule is CNC(=O)N(O)[C@H]1N(/N=C2/CCCc3c2no[n+]3[O-])C(=S)SC1(C)C. The van der Waals surface area contributed by atoms with Crippen LogP contribution in [0.15, 0.2) is 9.73 Å². The van der Waals surface area contributed by atoms with Crippen LogP contribution in [0.1, 0.15) is 38.1 Å². The minimum Gasteiger partial charge on any atom is -0.359 e. The van der Waals surface area contributed by atoms with E-state index in [-0.39, 0.29) is 0 Å². The Labute approximate surface area is 153 Å². The molecular weight excluding hydrogens is 368 g/mol. The average molecular weight is 386 g/mol. The number of hydroxylamine groups is 2. The Morgan fingerprint density at radius 2 is 2.36 bits per heavy atom. The largest absolute Gasteiger partial charge is 0.359 e. The Hall–Kier alpha value is -1.92. The number of thioether (sulfide) groups is 1. The number of rotatable bonds is 2. The Morgan fingerprint density at radius 3 is 3.04 bits per heavy atom. The normalized spacial score (nSPS) is 23.7. The van der Waals surface area contributed by atoms with Crippen molar-refractivity contribution in [3.8, 4) is 0 Å². The van der Waals surface area contributed by atoms with Gasteiger partial charge in [-0.2, -0.15) is 10.2 Å². The van der Waals surface area contributed by atoms with Crippen LogP contribution in [0.5, 0.6) is 0 Å². The van der Waals surface area contributed by atoms with Gasteiger partial charge in [0, 0.05) is 18.6 Å². The van der Waals surface area contributed by atoms with E-state index in [9.17, 15) is 15.2 Å². The molecule has 0 saturated carbocycles. The highest BCUT2D eigenvalue weighted by Gasteiger charge is 2.50.